The van der Waals surface area contributed by atoms with E-state index in [-0.39, 0.29) is 0 Å². The van der Waals surface area contributed by atoms with Gasteiger partial charge in [-0.25, -0.2) is 0 Å². The molecule has 0 atom stereocenters. The molecule has 1 aromatic rings. The highest BCUT2D eigenvalue weighted by atomic mass is 32.1. The topological polar surface area (TPSA) is 29.3 Å². The zero-order valence-electron chi connectivity index (χ0n) is 12.0. The fourth-order valence-corrected chi connectivity index (χ4v) is 3.30. The predicted molar refractivity (Wildman–Crippen MR) is 86.9 cm³/mol. The van der Waals surface area contributed by atoms with Gasteiger partial charge in [0.2, 0.25) is 0 Å². The van der Waals surface area contributed by atoms with Crippen LogP contribution in [0.1, 0.15) is 43.7 Å². The number of thiocarbonyl (C=S) groups is 1. The smallest absolute Gasteiger partial charge is 0.106 e. The van der Waals surface area contributed by atoms with Crippen LogP contribution in [0.25, 0.3) is 0 Å². The minimum Gasteiger partial charge on any atom is -0.389 e. The Labute approximate surface area is 122 Å². The Kier molecular flexibility index (Phi) is 4.81. The third-order valence-electron chi connectivity index (χ3n) is 4.13. The summed E-state index contributed by atoms with van der Waals surface area (Å²) in [7, 11) is 0. The SMILES string of the molecule is CCCC1CCN(c2c(C)cccc2C(N)=S)CC1. The van der Waals surface area contributed by atoms with Crippen LogP contribution in [0.3, 0.4) is 0 Å². The molecule has 2 rings (SSSR count). The van der Waals surface area contributed by atoms with Gasteiger partial charge in [-0.15, -0.1) is 0 Å². The van der Waals surface area contributed by atoms with Gasteiger partial charge >= 0.3 is 0 Å². The molecule has 0 bridgehead atoms. The van der Waals surface area contributed by atoms with Crippen LogP contribution in [-0.4, -0.2) is 18.1 Å². The number of nitrogens with two attached hydrogens (primary N) is 1. The van der Waals surface area contributed by atoms with Gasteiger partial charge in [-0.2, -0.15) is 0 Å². The van der Waals surface area contributed by atoms with Crippen LogP contribution in [0.15, 0.2) is 18.2 Å². The first kappa shape index (κ1) is 14.3. The fourth-order valence-electron chi connectivity index (χ4n) is 3.13. The Morgan fingerprint density at radius 2 is 2.05 bits per heavy atom. The lowest BCUT2D eigenvalue weighted by atomic mass is 9.91. The summed E-state index contributed by atoms with van der Waals surface area (Å²) in [4.78, 5) is 2.98. The minimum atomic E-state index is 0.509. The number of anilines is 1. The average Bonchev–Trinajstić information content (AvgIpc) is 2.40. The Bertz CT molecular complexity index is 448. The van der Waals surface area contributed by atoms with Gasteiger partial charge < -0.3 is 10.6 Å². The summed E-state index contributed by atoms with van der Waals surface area (Å²) < 4.78 is 0. The molecule has 1 fully saturated rings. The molecule has 1 aliphatic rings. The maximum Gasteiger partial charge on any atom is 0.106 e. The van der Waals surface area contributed by atoms with Crippen molar-refractivity contribution in [3.05, 3.63) is 29.3 Å². The van der Waals surface area contributed by atoms with E-state index in [0.29, 0.717) is 4.99 Å². The quantitative estimate of drug-likeness (QED) is 0.851. The first-order valence-electron chi connectivity index (χ1n) is 7.27. The van der Waals surface area contributed by atoms with Crippen LogP contribution in [-0.2, 0) is 0 Å². The summed E-state index contributed by atoms with van der Waals surface area (Å²) in [6, 6.07) is 6.23. The number of aryl methyl sites for hydroxylation is 1. The molecule has 2 N–H and O–H groups in total. The summed E-state index contributed by atoms with van der Waals surface area (Å²) in [5, 5.41) is 0. The van der Waals surface area contributed by atoms with Crippen molar-refractivity contribution in [3.63, 3.8) is 0 Å². The Hall–Kier alpha value is -1.09. The lowest BCUT2D eigenvalue weighted by Crippen LogP contribution is -2.35. The molecule has 1 aliphatic heterocycles. The molecule has 0 aliphatic carbocycles. The first-order chi connectivity index (χ1) is 9.13. The Morgan fingerprint density at radius 3 is 2.63 bits per heavy atom. The van der Waals surface area contributed by atoms with Gasteiger partial charge in [-0.3, -0.25) is 0 Å². The molecule has 0 aromatic heterocycles. The number of piperidine rings is 1. The highest BCUT2D eigenvalue weighted by Gasteiger charge is 2.22. The van der Waals surface area contributed by atoms with Crippen LogP contribution < -0.4 is 10.6 Å². The molecule has 1 heterocycles. The van der Waals surface area contributed by atoms with E-state index in [4.69, 9.17) is 18.0 Å². The van der Waals surface area contributed by atoms with Crippen molar-refractivity contribution >= 4 is 22.9 Å². The monoisotopic (exact) mass is 276 g/mol. The zero-order chi connectivity index (χ0) is 13.8. The number of benzene rings is 1. The molecular weight excluding hydrogens is 252 g/mol. The third kappa shape index (κ3) is 3.27. The molecule has 0 amide bonds. The van der Waals surface area contributed by atoms with Gasteiger partial charge in [0.05, 0.1) is 0 Å². The molecule has 3 heteroatoms. The van der Waals surface area contributed by atoms with E-state index in [2.05, 4.69) is 24.8 Å². The molecule has 1 aromatic carbocycles. The van der Waals surface area contributed by atoms with Crippen molar-refractivity contribution < 1.29 is 0 Å². The largest absolute Gasteiger partial charge is 0.389 e. The van der Waals surface area contributed by atoms with E-state index in [1.165, 1.54) is 36.9 Å². The Morgan fingerprint density at radius 1 is 1.37 bits per heavy atom. The second-order valence-electron chi connectivity index (χ2n) is 5.55. The van der Waals surface area contributed by atoms with Crippen molar-refractivity contribution in [2.24, 2.45) is 11.7 Å². The van der Waals surface area contributed by atoms with Crippen LogP contribution in [0.5, 0.6) is 0 Å². The van der Waals surface area contributed by atoms with E-state index < -0.39 is 0 Å². The minimum absolute atomic E-state index is 0.509. The number of hydrogen-bond acceptors (Lipinski definition) is 2. The summed E-state index contributed by atoms with van der Waals surface area (Å²) >= 11 is 5.19. The van der Waals surface area contributed by atoms with Crippen molar-refractivity contribution in [2.75, 3.05) is 18.0 Å². The van der Waals surface area contributed by atoms with Gasteiger partial charge in [0.15, 0.2) is 0 Å². The van der Waals surface area contributed by atoms with E-state index in [1.807, 2.05) is 12.1 Å². The maximum atomic E-state index is 5.87. The second kappa shape index (κ2) is 6.38. The van der Waals surface area contributed by atoms with Crippen molar-refractivity contribution in [3.8, 4) is 0 Å². The number of hydrogen-bond donors (Lipinski definition) is 1. The number of nitrogens with zero attached hydrogens (tertiary/aromatic N) is 1. The summed E-state index contributed by atoms with van der Waals surface area (Å²) in [6.45, 7) is 6.68. The van der Waals surface area contributed by atoms with Crippen molar-refractivity contribution in [1.82, 2.24) is 0 Å². The first-order valence-corrected chi connectivity index (χ1v) is 7.68. The Balaban J connectivity index is 2.17. The van der Waals surface area contributed by atoms with Crippen molar-refractivity contribution in [1.29, 1.82) is 0 Å². The molecule has 1 saturated heterocycles. The summed E-state index contributed by atoms with van der Waals surface area (Å²) in [6.07, 6.45) is 5.24. The van der Waals surface area contributed by atoms with Crippen LogP contribution >= 0.6 is 12.2 Å². The normalized spacial score (nSPS) is 16.6. The van der Waals surface area contributed by atoms with Crippen LogP contribution in [0.2, 0.25) is 0 Å². The lowest BCUT2D eigenvalue weighted by molar-refractivity contribution is 0.378. The average molecular weight is 276 g/mol. The van der Waals surface area contributed by atoms with Crippen LogP contribution in [0.4, 0.5) is 5.69 Å². The molecule has 104 valence electrons. The third-order valence-corrected chi connectivity index (χ3v) is 4.35. The van der Waals surface area contributed by atoms with E-state index >= 15 is 0 Å². The van der Waals surface area contributed by atoms with Gasteiger partial charge in [0.25, 0.3) is 0 Å². The second-order valence-corrected chi connectivity index (χ2v) is 5.99. The molecular formula is C16H24N2S. The zero-order valence-corrected chi connectivity index (χ0v) is 12.8. The highest BCUT2D eigenvalue weighted by molar-refractivity contribution is 7.80. The summed E-state index contributed by atoms with van der Waals surface area (Å²) in [5.41, 5.74) is 9.43. The molecule has 0 radical (unpaired) electrons. The number of rotatable bonds is 4. The predicted octanol–water partition coefficient (Wildman–Crippen LogP) is 3.65. The molecule has 0 unspecified atom stereocenters. The van der Waals surface area contributed by atoms with Crippen LogP contribution in [0, 0.1) is 12.8 Å². The van der Waals surface area contributed by atoms with E-state index in [1.54, 1.807) is 0 Å². The van der Waals surface area contributed by atoms with Gasteiger partial charge in [0, 0.05) is 24.3 Å². The molecule has 19 heavy (non-hydrogen) atoms. The van der Waals surface area contributed by atoms with Gasteiger partial charge in [0.1, 0.15) is 4.99 Å². The summed E-state index contributed by atoms with van der Waals surface area (Å²) in [5.74, 6) is 0.901. The fraction of sp³-hybridized carbons (Fsp3) is 0.562. The number of para-hydroxylation sites is 1. The standard InChI is InChI=1S/C16H24N2S/c1-3-5-13-8-10-18(11-9-13)15-12(2)6-4-7-14(15)16(17)19/h4,6-7,13H,3,5,8-11H2,1-2H3,(H2,17,19). The van der Waals surface area contributed by atoms with Gasteiger partial charge in [-0.1, -0.05) is 44.1 Å². The van der Waals surface area contributed by atoms with Crippen molar-refractivity contribution in [2.45, 2.75) is 39.5 Å². The molecule has 0 spiro atoms. The van der Waals surface area contributed by atoms with E-state index in [9.17, 15) is 0 Å². The lowest BCUT2D eigenvalue weighted by Gasteiger charge is -2.35. The van der Waals surface area contributed by atoms with E-state index in [0.717, 1.165) is 24.6 Å². The molecule has 0 saturated carbocycles. The highest BCUT2D eigenvalue weighted by Crippen LogP contribution is 2.30. The van der Waals surface area contributed by atoms with Gasteiger partial charge in [-0.05, 0) is 37.3 Å². The molecule has 2 nitrogen and oxygen atoms in total. The maximum absolute atomic E-state index is 5.87.